The van der Waals surface area contributed by atoms with E-state index in [2.05, 4.69) is 0 Å². The molecule has 1 unspecified atom stereocenters. The molecule has 0 aromatic rings. The zero-order chi connectivity index (χ0) is 20.3. The molecule has 7 nitrogen and oxygen atoms in total. The highest BCUT2D eigenvalue weighted by Gasteiger charge is 2.34. The maximum absolute atomic E-state index is 13.1. The minimum atomic E-state index is -2.88. The molecule has 0 bridgehead atoms. The molecule has 0 aliphatic heterocycles. The first-order valence-electron chi connectivity index (χ1n) is 9.74. The highest BCUT2D eigenvalue weighted by Crippen LogP contribution is 2.54. The van der Waals surface area contributed by atoms with Crippen molar-refractivity contribution in [1.29, 1.82) is 0 Å². The van der Waals surface area contributed by atoms with E-state index in [1.54, 1.807) is 7.11 Å². The van der Waals surface area contributed by atoms with Crippen LogP contribution in [-0.4, -0.2) is 83.4 Å². The third-order valence-electron chi connectivity index (χ3n) is 3.36. The molecule has 0 amide bonds. The Morgan fingerprint density at radius 2 is 1.31 bits per heavy atom. The van der Waals surface area contributed by atoms with Crippen LogP contribution in [0.5, 0.6) is 0 Å². The van der Waals surface area contributed by atoms with Crippen LogP contribution in [0.3, 0.4) is 0 Å². The van der Waals surface area contributed by atoms with Crippen LogP contribution in [0.15, 0.2) is 0 Å². The van der Waals surface area contributed by atoms with E-state index in [1.165, 1.54) is 0 Å². The molecular weight excluding hydrogens is 357 g/mol. The van der Waals surface area contributed by atoms with Crippen molar-refractivity contribution in [3.63, 3.8) is 0 Å². The largest absolute Gasteiger partial charge is 0.383 e. The quantitative estimate of drug-likeness (QED) is 0.273. The summed E-state index contributed by atoms with van der Waals surface area (Å²) in [6, 6.07) is 0. The van der Waals surface area contributed by atoms with Gasteiger partial charge in [-0.2, -0.15) is 0 Å². The Morgan fingerprint density at radius 3 is 1.77 bits per heavy atom. The number of hydrogen-bond donors (Lipinski definition) is 0. The topological polar surface area (TPSA) is 66.5 Å². The van der Waals surface area contributed by atoms with Gasteiger partial charge < -0.3 is 23.5 Å². The normalized spacial score (nSPS) is 13.6. The van der Waals surface area contributed by atoms with Gasteiger partial charge in [0.05, 0.1) is 46.2 Å². The Kier molecular flexibility index (Phi) is 21.4. The van der Waals surface area contributed by atoms with Crippen LogP contribution >= 0.6 is 7.52 Å². The van der Waals surface area contributed by atoms with Gasteiger partial charge in [0.25, 0.3) is 7.52 Å². The highest BCUT2D eigenvalue weighted by atomic mass is 31.2. The van der Waals surface area contributed by atoms with Gasteiger partial charge in [-0.25, -0.2) is 4.67 Å². The minimum absolute atomic E-state index is 0.0730. The molecule has 0 N–H and O–H groups in total. The number of rotatable bonds is 17. The molecule has 0 saturated carbocycles. The first-order valence-corrected chi connectivity index (χ1v) is 11.4. The van der Waals surface area contributed by atoms with Crippen LogP contribution in [0.4, 0.5) is 0 Å². The van der Waals surface area contributed by atoms with Crippen molar-refractivity contribution in [3.05, 3.63) is 0 Å². The molecule has 26 heavy (non-hydrogen) atoms. The van der Waals surface area contributed by atoms with Gasteiger partial charge in [-0.05, 0) is 13.8 Å². The molecule has 0 aromatic carbocycles. The standard InChI is InChI=1S/C16H36NO6P.C2H6/c1-6-20-12-13-22-15-14-21-11-9-17(8-10-19-5)24(18,16(3)4)23-7-2;1-2/h16H,6-15H2,1-5H3;1-2H3. The lowest BCUT2D eigenvalue weighted by Crippen LogP contribution is -2.32. The van der Waals surface area contributed by atoms with Crippen LogP contribution in [0.25, 0.3) is 0 Å². The highest BCUT2D eigenvalue weighted by molar-refractivity contribution is 7.57. The minimum Gasteiger partial charge on any atom is -0.383 e. The number of nitrogens with zero attached hydrogens (tertiary/aromatic N) is 1. The van der Waals surface area contributed by atoms with E-state index in [1.807, 2.05) is 46.2 Å². The van der Waals surface area contributed by atoms with Crippen LogP contribution in [-0.2, 0) is 28.0 Å². The number of hydrogen-bond acceptors (Lipinski definition) is 6. The summed E-state index contributed by atoms with van der Waals surface area (Å²) in [6.07, 6.45) is 0. The summed E-state index contributed by atoms with van der Waals surface area (Å²) < 4.78 is 41.9. The van der Waals surface area contributed by atoms with E-state index in [-0.39, 0.29) is 5.66 Å². The van der Waals surface area contributed by atoms with Crippen molar-refractivity contribution in [1.82, 2.24) is 4.67 Å². The lowest BCUT2D eigenvalue weighted by atomic mass is 10.6. The van der Waals surface area contributed by atoms with E-state index >= 15 is 0 Å². The first-order chi connectivity index (χ1) is 12.5. The molecule has 8 heteroatoms. The predicted molar refractivity (Wildman–Crippen MR) is 107 cm³/mol. The molecule has 0 fully saturated rings. The van der Waals surface area contributed by atoms with Gasteiger partial charge in [-0.3, -0.25) is 4.57 Å². The van der Waals surface area contributed by atoms with E-state index in [4.69, 9.17) is 23.5 Å². The molecule has 0 aliphatic carbocycles. The molecule has 0 spiro atoms. The van der Waals surface area contributed by atoms with Crippen molar-refractivity contribution < 1.29 is 28.0 Å². The van der Waals surface area contributed by atoms with Crippen LogP contribution in [0.2, 0.25) is 0 Å². The van der Waals surface area contributed by atoms with Gasteiger partial charge in [-0.1, -0.05) is 27.7 Å². The van der Waals surface area contributed by atoms with Crippen LogP contribution in [0.1, 0.15) is 41.5 Å². The molecule has 0 rings (SSSR count). The molecule has 0 heterocycles. The third kappa shape index (κ3) is 13.2. The lowest BCUT2D eigenvalue weighted by Gasteiger charge is -2.33. The molecule has 0 aliphatic rings. The second-order valence-electron chi connectivity index (χ2n) is 5.44. The first kappa shape index (κ1) is 28.2. The van der Waals surface area contributed by atoms with Crippen molar-refractivity contribution in [2.75, 3.05) is 73.1 Å². The Labute approximate surface area is 161 Å². The summed E-state index contributed by atoms with van der Waals surface area (Å²) in [7, 11) is -1.25. The van der Waals surface area contributed by atoms with E-state index in [0.29, 0.717) is 65.9 Å². The second kappa shape index (κ2) is 19.7. The van der Waals surface area contributed by atoms with Gasteiger partial charge in [0, 0.05) is 32.5 Å². The van der Waals surface area contributed by atoms with E-state index < -0.39 is 7.52 Å². The van der Waals surface area contributed by atoms with Gasteiger partial charge in [-0.15, -0.1) is 0 Å². The van der Waals surface area contributed by atoms with Gasteiger partial charge in [0.15, 0.2) is 0 Å². The van der Waals surface area contributed by atoms with Crippen molar-refractivity contribution >= 4 is 7.52 Å². The number of methoxy groups -OCH3 is 1. The predicted octanol–water partition coefficient (Wildman–Crippen LogP) is 3.67. The summed E-state index contributed by atoms with van der Waals surface area (Å²) in [5, 5.41) is 0. The Bertz CT molecular complexity index is 331. The Morgan fingerprint density at radius 1 is 0.808 bits per heavy atom. The Hall–Kier alpha value is -0.0100. The van der Waals surface area contributed by atoms with Gasteiger partial charge >= 0.3 is 0 Å². The molecule has 1 atom stereocenters. The lowest BCUT2D eigenvalue weighted by molar-refractivity contribution is 0.0144. The van der Waals surface area contributed by atoms with Gasteiger partial charge in [0.1, 0.15) is 0 Å². The average Bonchev–Trinajstić information content (AvgIpc) is 2.64. The van der Waals surface area contributed by atoms with Crippen molar-refractivity contribution in [3.8, 4) is 0 Å². The molecule has 0 saturated heterocycles. The fourth-order valence-corrected chi connectivity index (χ4v) is 4.29. The maximum Gasteiger partial charge on any atom is 0.274 e. The molecule has 160 valence electrons. The SMILES string of the molecule is CC.CCOCCOCCOCCN(CCOC)P(=O)(OCC)C(C)C. The summed E-state index contributed by atoms with van der Waals surface area (Å²) in [6.45, 7) is 17.1. The van der Waals surface area contributed by atoms with E-state index in [9.17, 15) is 4.57 Å². The average molecular weight is 400 g/mol. The van der Waals surface area contributed by atoms with Crippen LogP contribution < -0.4 is 0 Å². The second-order valence-corrected chi connectivity index (χ2v) is 8.43. The van der Waals surface area contributed by atoms with Crippen molar-refractivity contribution in [2.45, 2.75) is 47.2 Å². The fraction of sp³-hybridized carbons (Fsp3) is 1.00. The fourth-order valence-electron chi connectivity index (χ4n) is 2.08. The molecule has 0 aromatic heterocycles. The molecular formula is C18H42NO6P. The van der Waals surface area contributed by atoms with Crippen LogP contribution in [0, 0.1) is 0 Å². The summed E-state index contributed by atoms with van der Waals surface area (Å²) in [4.78, 5) is 0. The zero-order valence-electron chi connectivity index (χ0n) is 18.0. The smallest absolute Gasteiger partial charge is 0.274 e. The maximum atomic E-state index is 13.1. The van der Waals surface area contributed by atoms with Gasteiger partial charge in [0.2, 0.25) is 0 Å². The van der Waals surface area contributed by atoms with Crippen molar-refractivity contribution in [2.24, 2.45) is 0 Å². The molecule has 0 radical (unpaired) electrons. The van der Waals surface area contributed by atoms with E-state index in [0.717, 1.165) is 0 Å². The Balaban J connectivity index is 0. The summed E-state index contributed by atoms with van der Waals surface area (Å²) in [5.41, 5.74) is -0.0730. The summed E-state index contributed by atoms with van der Waals surface area (Å²) >= 11 is 0. The third-order valence-corrected chi connectivity index (χ3v) is 6.48. The number of ether oxygens (including phenoxy) is 4. The summed E-state index contributed by atoms with van der Waals surface area (Å²) in [5.74, 6) is 0. The monoisotopic (exact) mass is 399 g/mol. The zero-order valence-corrected chi connectivity index (χ0v) is 18.9.